The lowest BCUT2D eigenvalue weighted by Crippen LogP contribution is -2.41. The Morgan fingerprint density at radius 2 is 2.04 bits per heavy atom. The van der Waals surface area contributed by atoms with Crippen molar-refractivity contribution in [2.45, 2.75) is 51.4 Å². The zero-order valence-electron chi connectivity index (χ0n) is 14.8. The number of benzene rings is 1. The fourth-order valence-electron chi connectivity index (χ4n) is 4.65. The number of ketones is 1. The van der Waals surface area contributed by atoms with E-state index in [-0.39, 0.29) is 5.41 Å². The van der Waals surface area contributed by atoms with E-state index in [0.29, 0.717) is 18.1 Å². The molecular formula is C21H24N2OS. The molecule has 0 fully saturated rings. The van der Waals surface area contributed by atoms with Gasteiger partial charge in [-0.1, -0.05) is 50.6 Å². The van der Waals surface area contributed by atoms with Crippen LogP contribution in [-0.4, -0.2) is 10.8 Å². The molecule has 2 aromatic rings. The highest BCUT2D eigenvalue weighted by Crippen LogP contribution is 2.53. The molecule has 0 spiro atoms. The fourth-order valence-corrected chi connectivity index (χ4v) is 5.70. The molecule has 0 saturated heterocycles. The fraction of sp³-hybridized carbons (Fsp3) is 0.429. The van der Waals surface area contributed by atoms with E-state index in [2.05, 4.69) is 48.4 Å². The van der Waals surface area contributed by atoms with Crippen LogP contribution in [0.3, 0.4) is 0 Å². The van der Waals surface area contributed by atoms with E-state index in [4.69, 9.17) is 0 Å². The van der Waals surface area contributed by atoms with Gasteiger partial charge in [0.15, 0.2) is 5.78 Å². The van der Waals surface area contributed by atoms with E-state index >= 15 is 0 Å². The highest BCUT2D eigenvalue weighted by atomic mass is 32.1. The number of hydrogen-bond donors (Lipinski definition) is 1. The van der Waals surface area contributed by atoms with Gasteiger partial charge in [0.2, 0.25) is 0 Å². The number of nitrogens with zero attached hydrogens (tertiary/aromatic N) is 1. The molecular weight excluding hydrogens is 328 g/mol. The number of aromatic nitrogens is 1. The third-order valence-corrected chi connectivity index (χ3v) is 6.68. The maximum atomic E-state index is 13.3. The molecule has 1 N–H and O–H groups in total. The lowest BCUT2D eigenvalue weighted by atomic mass is 9.64. The Bertz CT molecular complexity index is 823. The number of rotatable bonds is 4. The normalized spacial score (nSPS) is 25.4. The summed E-state index contributed by atoms with van der Waals surface area (Å²) in [5.41, 5.74) is 4.85. The number of hydrogen-bond acceptors (Lipinski definition) is 4. The molecule has 0 saturated carbocycles. The first-order valence-electron chi connectivity index (χ1n) is 9.24. The van der Waals surface area contributed by atoms with Crippen LogP contribution in [0.5, 0.6) is 0 Å². The van der Waals surface area contributed by atoms with Crippen LogP contribution in [0.25, 0.3) is 0 Å². The van der Waals surface area contributed by atoms with Crippen molar-refractivity contribution in [3.8, 4) is 0 Å². The van der Waals surface area contributed by atoms with E-state index in [0.717, 1.165) is 42.8 Å². The van der Waals surface area contributed by atoms with Crippen LogP contribution in [0, 0.1) is 5.92 Å². The Balaban J connectivity index is 1.93. The summed E-state index contributed by atoms with van der Waals surface area (Å²) in [6.45, 7) is 4.39. The third-order valence-electron chi connectivity index (χ3n) is 5.69. The highest BCUT2D eigenvalue weighted by molar-refractivity contribution is 7.10. The number of allylic oxidation sites excluding steroid dienone is 2. The summed E-state index contributed by atoms with van der Waals surface area (Å²) in [4.78, 5) is 19.0. The molecule has 3 nitrogen and oxygen atoms in total. The van der Waals surface area contributed by atoms with Crippen molar-refractivity contribution in [2.75, 3.05) is 5.32 Å². The van der Waals surface area contributed by atoms with Crippen LogP contribution in [0.15, 0.2) is 47.1 Å². The van der Waals surface area contributed by atoms with Gasteiger partial charge < -0.3 is 5.32 Å². The van der Waals surface area contributed by atoms with E-state index in [1.54, 1.807) is 11.3 Å². The van der Waals surface area contributed by atoms with Gasteiger partial charge in [0.1, 0.15) is 5.82 Å². The predicted octanol–water partition coefficient (Wildman–Crippen LogP) is 5.30. The number of fused-ring (bicyclic) bond motifs is 1. The average Bonchev–Trinajstić information content (AvgIpc) is 3.09. The van der Waals surface area contributed by atoms with Gasteiger partial charge in [0.25, 0.3) is 0 Å². The minimum atomic E-state index is -0.355. The average molecular weight is 353 g/mol. The summed E-state index contributed by atoms with van der Waals surface area (Å²) in [6, 6.07) is 10.5. The maximum Gasteiger partial charge on any atom is 0.162 e. The standard InChI is InChI=1S/C21H24N2OS/c1-3-8-14-11-16-18(17(24)12-14)21(4-2,15-9-6-5-7-10-15)19-20(23-16)22-13-25-19/h5-7,9-10,13-14,23H,3-4,8,11-12H2,1-2H3. The minimum absolute atomic E-state index is 0.317. The number of thiazole rings is 1. The largest absolute Gasteiger partial charge is 0.342 e. The van der Waals surface area contributed by atoms with Gasteiger partial charge in [0.05, 0.1) is 15.8 Å². The summed E-state index contributed by atoms with van der Waals surface area (Å²) in [7, 11) is 0. The molecule has 0 bridgehead atoms. The Hall–Kier alpha value is -1.94. The number of anilines is 1. The molecule has 2 atom stereocenters. The predicted molar refractivity (Wildman–Crippen MR) is 103 cm³/mol. The topological polar surface area (TPSA) is 42.0 Å². The Labute approximate surface area is 153 Å². The monoisotopic (exact) mass is 352 g/mol. The van der Waals surface area contributed by atoms with Gasteiger partial charge in [-0.15, -0.1) is 11.3 Å². The van der Waals surface area contributed by atoms with Crippen LogP contribution in [0.4, 0.5) is 5.82 Å². The molecule has 2 unspecified atom stereocenters. The Kier molecular flexibility index (Phi) is 4.24. The second kappa shape index (κ2) is 6.41. The SMILES string of the molecule is CCCC1CC(=O)C2=C(C1)Nc1ncsc1C2(CC)c1ccccc1. The molecule has 1 aromatic heterocycles. The smallest absolute Gasteiger partial charge is 0.162 e. The Morgan fingerprint density at radius 1 is 1.24 bits per heavy atom. The first-order valence-corrected chi connectivity index (χ1v) is 10.1. The van der Waals surface area contributed by atoms with Crippen molar-refractivity contribution >= 4 is 22.9 Å². The molecule has 4 heteroatoms. The number of nitrogens with one attached hydrogen (secondary N) is 1. The van der Waals surface area contributed by atoms with Crippen LogP contribution in [0.2, 0.25) is 0 Å². The second-order valence-corrected chi connectivity index (χ2v) is 7.97. The maximum absolute atomic E-state index is 13.3. The summed E-state index contributed by atoms with van der Waals surface area (Å²) >= 11 is 1.66. The van der Waals surface area contributed by atoms with Crippen molar-refractivity contribution in [1.82, 2.24) is 4.98 Å². The molecule has 4 rings (SSSR count). The lowest BCUT2D eigenvalue weighted by molar-refractivity contribution is -0.117. The van der Waals surface area contributed by atoms with E-state index in [1.165, 1.54) is 10.4 Å². The first kappa shape index (κ1) is 16.5. The van der Waals surface area contributed by atoms with Gasteiger partial charge in [0, 0.05) is 17.7 Å². The van der Waals surface area contributed by atoms with E-state index in [9.17, 15) is 4.79 Å². The molecule has 25 heavy (non-hydrogen) atoms. The van der Waals surface area contributed by atoms with Crippen LogP contribution in [-0.2, 0) is 10.2 Å². The molecule has 2 heterocycles. The van der Waals surface area contributed by atoms with E-state index in [1.807, 2.05) is 11.6 Å². The summed E-state index contributed by atoms with van der Waals surface area (Å²) < 4.78 is 0. The number of Topliss-reactive ketones (excluding diaryl/α,β-unsaturated/α-hetero) is 1. The molecule has 1 aliphatic heterocycles. The first-order chi connectivity index (χ1) is 12.2. The van der Waals surface area contributed by atoms with Crippen molar-refractivity contribution in [1.29, 1.82) is 0 Å². The van der Waals surface area contributed by atoms with Crippen molar-refractivity contribution in [2.24, 2.45) is 5.92 Å². The van der Waals surface area contributed by atoms with Crippen molar-refractivity contribution in [3.05, 3.63) is 57.6 Å². The molecule has 1 aromatic carbocycles. The van der Waals surface area contributed by atoms with Crippen molar-refractivity contribution < 1.29 is 4.79 Å². The van der Waals surface area contributed by atoms with Gasteiger partial charge >= 0.3 is 0 Å². The molecule has 130 valence electrons. The van der Waals surface area contributed by atoms with Crippen LogP contribution >= 0.6 is 11.3 Å². The minimum Gasteiger partial charge on any atom is -0.342 e. The second-order valence-electron chi connectivity index (χ2n) is 7.12. The van der Waals surface area contributed by atoms with Crippen LogP contribution in [0.1, 0.15) is 56.4 Å². The third kappa shape index (κ3) is 2.46. The van der Waals surface area contributed by atoms with Gasteiger partial charge in [-0.05, 0) is 30.7 Å². The molecule has 2 aliphatic rings. The Morgan fingerprint density at radius 3 is 2.76 bits per heavy atom. The van der Waals surface area contributed by atoms with Crippen molar-refractivity contribution in [3.63, 3.8) is 0 Å². The summed E-state index contributed by atoms with van der Waals surface area (Å²) in [5.74, 6) is 1.71. The zero-order chi connectivity index (χ0) is 17.4. The summed E-state index contributed by atoms with van der Waals surface area (Å²) in [5, 5.41) is 3.51. The molecule has 0 radical (unpaired) electrons. The quantitative estimate of drug-likeness (QED) is 0.812. The zero-order valence-corrected chi connectivity index (χ0v) is 15.7. The lowest BCUT2D eigenvalue weighted by Gasteiger charge is -2.43. The van der Waals surface area contributed by atoms with Gasteiger partial charge in [-0.25, -0.2) is 4.98 Å². The summed E-state index contributed by atoms with van der Waals surface area (Å²) in [6.07, 6.45) is 4.74. The molecule has 1 aliphatic carbocycles. The van der Waals surface area contributed by atoms with E-state index < -0.39 is 0 Å². The van der Waals surface area contributed by atoms with Gasteiger partial charge in [-0.2, -0.15) is 0 Å². The van der Waals surface area contributed by atoms with Crippen LogP contribution < -0.4 is 5.32 Å². The number of carbonyl (C=O) groups is 1. The van der Waals surface area contributed by atoms with Gasteiger partial charge in [-0.3, -0.25) is 4.79 Å². The number of carbonyl (C=O) groups excluding carboxylic acids is 1. The highest BCUT2D eigenvalue weighted by Gasteiger charge is 2.49. The molecule has 0 amide bonds.